The maximum absolute atomic E-state index is 5.34. The van der Waals surface area contributed by atoms with Crippen LogP contribution in [0.3, 0.4) is 0 Å². The Morgan fingerprint density at radius 2 is 1.18 bits per heavy atom. The molecule has 1 aromatic heterocycles. The zero-order valence-electron chi connectivity index (χ0n) is 28.2. The Bertz CT molecular complexity index is 2590. The maximum Gasteiger partial charge on any atom is 0.0751 e. The third-order valence-corrected chi connectivity index (χ3v) is 9.99. The van der Waals surface area contributed by atoms with Crippen molar-refractivity contribution in [3.05, 3.63) is 204 Å². The highest BCUT2D eigenvalue weighted by atomic mass is 15.0. The summed E-state index contributed by atoms with van der Waals surface area (Å²) < 4.78 is 2.38. The van der Waals surface area contributed by atoms with Crippen LogP contribution in [0, 0.1) is 0 Å². The van der Waals surface area contributed by atoms with Crippen LogP contribution in [-0.2, 0) is 13.0 Å². The average molecular weight is 654 g/mol. The van der Waals surface area contributed by atoms with E-state index in [-0.39, 0.29) is 0 Å². The van der Waals surface area contributed by atoms with Crippen LogP contribution in [0.5, 0.6) is 0 Å². The van der Waals surface area contributed by atoms with Gasteiger partial charge in [-0.3, -0.25) is 9.98 Å². The van der Waals surface area contributed by atoms with Crippen molar-refractivity contribution in [2.45, 2.75) is 13.0 Å². The van der Waals surface area contributed by atoms with Crippen molar-refractivity contribution in [1.82, 2.24) is 4.57 Å². The summed E-state index contributed by atoms with van der Waals surface area (Å²) in [6, 6.07) is 62.6. The number of fused-ring (bicyclic) bond motifs is 4. The zero-order valence-corrected chi connectivity index (χ0v) is 28.2. The van der Waals surface area contributed by atoms with Gasteiger partial charge in [0.05, 0.1) is 29.0 Å². The van der Waals surface area contributed by atoms with Gasteiger partial charge in [0, 0.05) is 39.6 Å². The van der Waals surface area contributed by atoms with E-state index in [2.05, 4.69) is 180 Å². The van der Waals surface area contributed by atoms with E-state index >= 15 is 0 Å². The van der Waals surface area contributed by atoms with Crippen molar-refractivity contribution >= 4 is 39.9 Å². The van der Waals surface area contributed by atoms with Crippen molar-refractivity contribution in [3.8, 4) is 27.9 Å². The standard InChI is InChI=1S/C48H35N3/c1-49-47(34-17-6-3-7-18-34)43-31-38-22-14-26-40(46(38)48(43)50-32-33-15-4-2-5-16-33)37-21-12-19-35(29-37)36-20-13-23-39(30-36)51-44-27-10-8-24-41(44)42-25-9-11-28-45(42)51/h2-30H,1,31-32H2/b47-43-,50-48?. The molecule has 0 aliphatic heterocycles. The number of allylic oxidation sites excluding steroid dienone is 1. The van der Waals surface area contributed by atoms with Gasteiger partial charge >= 0.3 is 0 Å². The van der Waals surface area contributed by atoms with Gasteiger partial charge in [0.15, 0.2) is 0 Å². The number of hydrogen-bond acceptors (Lipinski definition) is 2. The Hall–Kier alpha value is -6.58. The lowest BCUT2D eigenvalue weighted by atomic mass is 9.93. The lowest BCUT2D eigenvalue weighted by molar-refractivity contribution is 1.07. The molecule has 242 valence electrons. The minimum absolute atomic E-state index is 0.586. The lowest BCUT2D eigenvalue weighted by Gasteiger charge is -2.14. The summed E-state index contributed by atoms with van der Waals surface area (Å²) in [5.41, 5.74) is 15.9. The minimum Gasteiger partial charge on any atom is -0.309 e. The summed E-state index contributed by atoms with van der Waals surface area (Å²) in [6.07, 6.45) is 0.751. The van der Waals surface area contributed by atoms with Crippen LogP contribution >= 0.6 is 0 Å². The van der Waals surface area contributed by atoms with Gasteiger partial charge in [0.1, 0.15) is 0 Å². The molecule has 0 bridgehead atoms. The molecule has 0 saturated carbocycles. The molecule has 0 unspecified atom stereocenters. The number of hydrogen-bond donors (Lipinski definition) is 0. The van der Waals surface area contributed by atoms with Gasteiger partial charge in [-0.05, 0) is 70.4 Å². The second kappa shape index (κ2) is 13.0. The molecular weight excluding hydrogens is 619 g/mol. The number of aliphatic imine (C=N–C) groups is 2. The molecule has 0 amide bonds. The quantitative estimate of drug-likeness (QED) is 0.153. The number of para-hydroxylation sites is 2. The van der Waals surface area contributed by atoms with Crippen LogP contribution in [0.1, 0.15) is 22.3 Å². The highest BCUT2D eigenvalue weighted by molar-refractivity contribution is 6.23. The molecule has 9 rings (SSSR count). The molecule has 3 heteroatoms. The van der Waals surface area contributed by atoms with E-state index in [1.165, 1.54) is 55.2 Å². The van der Waals surface area contributed by atoms with Crippen LogP contribution in [0.4, 0.5) is 0 Å². The molecule has 1 heterocycles. The number of benzene rings is 7. The highest BCUT2D eigenvalue weighted by Gasteiger charge is 2.29. The molecule has 0 radical (unpaired) electrons. The van der Waals surface area contributed by atoms with Gasteiger partial charge in [-0.25, -0.2) is 0 Å². The van der Waals surface area contributed by atoms with Crippen molar-refractivity contribution in [1.29, 1.82) is 0 Å². The molecule has 0 saturated heterocycles. The number of rotatable bonds is 7. The second-order valence-corrected chi connectivity index (χ2v) is 13.0. The summed E-state index contributed by atoms with van der Waals surface area (Å²) in [7, 11) is 0. The second-order valence-electron chi connectivity index (χ2n) is 13.0. The molecule has 1 aliphatic carbocycles. The topological polar surface area (TPSA) is 29.6 Å². The van der Waals surface area contributed by atoms with Gasteiger partial charge < -0.3 is 4.57 Å². The summed E-state index contributed by atoms with van der Waals surface area (Å²) in [6.45, 7) is 4.60. The van der Waals surface area contributed by atoms with Crippen molar-refractivity contribution in [3.63, 3.8) is 0 Å². The van der Waals surface area contributed by atoms with Gasteiger partial charge in [-0.15, -0.1) is 0 Å². The first-order valence-corrected chi connectivity index (χ1v) is 17.4. The fraction of sp³-hybridized carbons (Fsp3) is 0.0417. The average Bonchev–Trinajstić information content (AvgIpc) is 3.74. The van der Waals surface area contributed by atoms with Gasteiger partial charge in [0.2, 0.25) is 0 Å². The smallest absolute Gasteiger partial charge is 0.0751 e. The largest absolute Gasteiger partial charge is 0.309 e. The van der Waals surface area contributed by atoms with Crippen LogP contribution < -0.4 is 0 Å². The van der Waals surface area contributed by atoms with E-state index in [1.54, 1.807) is 0 Å². The fourth-order valence-corrected chi connectivity index (χ4v) is 7.67. The zero-order chi connectivity index (χ0) is 34.1. The van der Waals surface area contributed by atoms with E-state index in [4.69, 9.17) is 4.99 Å². The molecule has 7 aromatic carbocycles. The molecule has 51 heavy (non-hydrogen) atoms. The first kappa shape index (κ1) is 30.5. The fourth-order valence-electron chi connectivity index (χ4n) is 7.67. The highest BCUT2D eigenvalue weighted by Crippen LogP contribution is 2.40. The Kier molecular flexibility index (Phi) is 7.79. The van der Waals surface area contributed by atoms with Gasteiger partial charge in [-0.2, -0.15) is 0 Å². The molecule has 8 aromatic rings. The predicted molar refractivity (Wildman–Crippen MR) is 215 cm³/mol. The SMILES string of the molecule is C=N/C(=C1/Cc2cccc(-c3cccc(-c4cccc(-n5c6ccccc6c6ccccc65)c4)c3)c2C1=NCc1ccccc1)c1ccccc1. The summed E-state index contributed by atoms with van der Waals surface area (Å²) >= 11 is 0. The van der Waals surface area contributed by atoms with Crippen molar-refractivity contribution in [2.24, 2.45) is 9.98 Å². The van der Waals surface area contributed by atoms with Crippen LogP contribution in [0.2, 0.25) is 0 Å². The van der Waals surface area contributed by atoms with E-state index in [0.29, 0.717) is 6.54 Å². The van der Waals surface area contributed by atoms with Crippen molar-refractivity contribution in [2.75, 3.05) is 0 Å². The van der Waals surface area contributed by atoms with E-state index in [1.807, 2.05) is 12.1 Å². The van der Waals surface area contributed by atoms with Crippen molar-refractivity contribution < 1.29 is 0 Å². The first-order valence-electron chi connectivity index (χ1n) is 17.4. The van der Waals surface area contributed by atoms with Gasteiger partial charge in [-0.1, -0.05) is 146 Å². The van der Waals surface area contributed by atoms with E-state index < -0.39 is 0 Å². The summed E-state index contributed by atoms with van der Waals surface area (Å²) in [5.74, 6) is 0. The lowest BCUT2D eigenvalue weighted by Crippen LogP contribution is -2.04. The predicted octanol–water partition coefficient (Wildman–Crippen LogP) is 11.8. The van der Waals surface area contributed by atoms with E-state index in [9.17, 15) is 0 Å². The molecule has 1 aliphatic rings. The molecule has 0 atom stereocenters. The van der Waals surface area contributed by atoms with Crippen LogP contribution in [-0.4, -0.2) is 17.0 Å². The van der Waals surface area contributed by atoms with Crippen LogP contribution in [0.25, 0.3) is 55.4 Å². The number of nitrogens with zero attached hydrogens (tertiary/aromatic N) is 3. The van der Waals surface area contributed by atoms with Gasteiger partial charge in [0.25, 0.3) is 0 Å². The third kappa shape index (κ3) is 5.50. The number of aromatic nitrogens is 1. The first-order chi connectivity index (χ1) is 25.3. The van der Waals surface area contributed by atoms with E-state index in [0.717, 1.165) is 40.2 Å². The molecular formula is C48H35N3. The minimum atomic E-state index is 0.586. The molecule has 0 fully saturated rings. The summed E-state index contributed by atoms with van der Waals surface area (Å²) in [5, 5.41) is 2.53. The van der Waals surface area contributed by atoms with Crippen LogP contribution in [0.15, 0.2) is 191 Å². The Morgan fingerprint density at radius 1 is 0.569 bits per heavy atom. The summed E-state index contributed by atoms with van der Waals surface area (Å²) in [4.78, 5) is 9.93. The monoisotopic (exact) mass is 653 g/mol. The molecule has 0 N–H and O–H groups in total. The Balaban J connectivity index is 1.17. The maximum atomic E-state index is 5.34. The molecule has 0 spiro atoms. The normalized spacial score (nSPS) is 14.2. The Morgan fingerprint density at radius 3 is 1.90 bits per heavy atom. The third-order valence-electron chi connectivity index (χ3n) is 9.99. The Labute approximate surface area is 298 Å². The molecule has 3 nitrogen and oxygen atoms in total.